The van der Waals surface area contributed by atoms with Crippen LogP contribution in [0.25, 0.3) is 0 Å². The zero-order chi connectivity index (χ0) is 15.2. The van der Waals surface area contributed by atoms with Crippen molar-refractivity contribution in [2.45, 2.75) is 20.1 Å². The zero-order valence-corrected chi connectivity index (χ0v) is 12.4. The van der Waals surface area contributed by atoms with Crippen molar-refractivity contribution in [1.29, 1.82) is 0 Å². The van der Waals surface area contributed by atoms with Gasteiger partial charge >= 0.3 is 0 Å². The van der Waals surface area contributed by atoms with E-state index in [9.17, 15) is 4.39 Å². The Morgan fingerprint density at radius 2 is 2.00 bits per heavy atom. The molecule has 0 spiro atoms. The molecule has 0 saturated carbocycles. The zero-order valence-electron chi connectivity index (χ0n) is 12.4. The first-order valence-corrected chi connectivity index (χ1v) is 6.71. The standard InChI is InChI=1S/C16H19FN2O2/c1-11-7-8-14(13(19-11)9-18-2)21-10-12-5-4-6-15(20-3)16(12)17/h4-8,18H,9-10H2,1-3H3. The van der Waals surface area contributed by atoms with E-state index >= 15 is 0 Å². The van der Waals surface area contributed by atoms with Crippen LogP contribution in [-0.2, 0) is 13.2 Å². The highest BCUT2D eigenvalue weighted by molar-refractivity contribution is 5.32. The minimum Gasteiger partial charge on any atom is -0.494 e. The maximum atomic E-state index is 14.1. The third-order valence-corrected chi connectivity index (χ3v) is 3.06. The highest BCUT2D eigenvalue weighted by atomic mass is 19.1. The van der Waals surface area contributed by atoms with Gasteiger partial charge in [-0.05, 0) is 32.2 Å². The van der Waals surface area contributed by atoms with E-state index in [1.54, 1.807) is 18.2 Å². The van der Waals surface area contributed by atoms with Crippen LogP contribution in [0.5, 0.6) is 11.5 Å². The molecular formula is C16H19FN2O2. The first kappa shape index (κ1) is 15.3. The van der Waals surface area contributed by atoms with Gasteiger partial charge in [-0.25, -0.2) is 4.39 Å². The molecule has 1 N–H and O–H groups in total. The van der Waals surface area contributed by atoms with Gasteiger partial charge in [0.25, 0.3) is 0 Å². The number of pyridine rings is 1. The van der Waals surface area contributed by atoms with Gasteiger partial charge in [-0.1, -0.05) is 12.1 Å². The molecule has 1 heterocycles. The van der Waals surface area contributed by atoms with Crippen molar-refractivity contribution in [2.75, 3.05) is 14.2 Å². The number of ether oxygens (including phenoxy) is 2. The largest absolute Gasteiger partial charge is 0.494 e. The molecule has 4 nitrogen and oxygen atoms in total. The van der Waals surface area contributed by atoms with Crippen molar-refractivity contribution in [2.24, 2.45) is 0 Å². The summed E-state index contributed by atoms with van der Waals surface area (Å²) in [6.45, 7) is 2.65. The molecule has 0 bridgehead atoms. The average Bonchev–Trinajstić information content (AvgIpc) is 2.48. The fourth-order valence-corrected chi connectivity index (χ4v) is 2.00. The Kier molecular flexibility index (Phi) is 5.11. The number of hydrogen-bond donors (Lipinski definition) is 1. The second-order valence-corrected chi connectivity index (χ2v) is 4.65. The summed E-state index contributed by atoms with van der Waals surface area (Å²) in [4.78, 5) is 4.43. The lowest BCUT2D eigenvalue weighted by Crippen LogP contribution is -2.10. The van der Waals surface area contributed by atoms with E-state index in [1.165, 1.54) is 7.11 Å². The molecule has 0 amide bonds. The third kappa shape index (κ3) is 3.70. The van der Waals surface area contributed by atoms with Crippen LogP contribution in [0.4, 0.5) is 4.39 Å². The number of nitrogens with one attached hydrogen (secondary N) is 1. The Morgan fingerprint density at radius 1 is 1.19 bits per heavy atom. The molecular weight excluding hydrogens is 271 g/mol. The number of hydrogen-bond acceptors (Lipinski definition) is 4. The van der Waals surface area contributed by atoms with E-state index in [0.29, 0.717) is 17.9 Å². The Bertz CT molecular complexity index is 617. The Labute approximate surface area is 123 Å². The van der Waals surface area contributed by atoms with E-state index in [-0.39, 0.29) is 12.4 Å². The summed E-state index contributed by atoms with van der Waals surface area (Å²) in [6, 6.07) is 8.72. The van der Waals surface area contributed by atoms with Crippen LogP contribution in [0.3, 0.4) is 0 Å². The van der Waals surface area contributed by atoms with Crippen molar-refractivity contribution in [3.8, 4) is 11.5 Å². The van der Waals surface area contributed by atoms with Gasteiger partial charge in [-0.3, -0.25) is 4.98 Å². The number of methoxy groups -OCH3 is 1. The van der Waals surface area contributed by atoms with Gasteiger partial charge in [0.2, 0.25) is 0 Å². The number of aryl methyl sites for hydroxylation is 1. The summed E-state index contributed by atoms with van der Waals surface area (Å²) in [5.41, 5.74) is 2.17. The van der Waals surface area contributed by atoms with E-state index in [4.69, 9.17) is 9.47 Å². The van der Waals surface area contributed by atoms with E-state index in [0.717, 1.165) is 11.4 Å². The maximum Gasteiger partial charge on any atom is 0.171 e. The van der Waals surface area contributed by atoms with Gasteiger partial charge in [0.15, 0.2) is 11.6 Å². The van der Waals surface area contributed by atoms with E-state index in [1.807, 2.05) is 26.1 Å². The van der Waals surface area contributed by atoms with Crippen molar-refractivity contribution in [3.05, 3.63) is 53.1 Å². The lowest BCUT2D eigenvalue weighted by atomic mass is 10.2. The van der Waals surface area contributed by atoms with Gasteiger partial charge in [-0.15, -0.1) is 0 Å². The monoisotopic (exact) mass is 290 g/mol. The topological polar surface area (TPSA) is 43.4 Å². The minimum absolute atomic E-state index is 0.129. The molecule has 0 atom stereocenters. The van der Waals surface area contributed by atoms with Crippen molar-refractivity contribution < 1.29 is 13.9 Å². The van der Waals surface area contributed by atoms with E-state index < -0.39 is 5.82 Å². The SMILES string of the molecule is CNCc1nc(C)ccc1OCc1cccc(OC)c1F. The Balaban J connectivity index is 2.16. The van der Waals surface area contributed by atoms with Crippen molar-refractivity contribution in [1.82, 2.24) is 10.3 Å². The van der Waals surface area contributed by atoms with E-state index in [2.05, 4.69) is 10.3 Å². The predicted molar refractivity (Wildman–Crippen MR) is 79.0 cm³/mol. The molecule has 0 unspecified atom stereocenters. The fraction of sp³-hybridized carbons (Fsp3) is 0.312. The van der Waals surface area contributed by atoms with Crippen LogP contribution in [0.1, 0.15) is 17.0 Å². The second-order valence-electron chi connectivity index (χ2n) is 4.65. The van der Waals surface area contributed by atoms with Crippen molar-refractivity contribution in [3.63, 3.8) is 0 Å². The number of nitrogens with zero attached hydrogens (tertiary/aromatic N) is 1. The lowest BCUT2D eigenvalue weighted by molar-refractivity contribution is 0.290. The number of halogens is 1. The number of benzene rings is 1. The normalized spacial score (nSPS) is 10.5. The van der Waals surface area contributed by atoms with Crippen LogP contribution in [0, 0.1) is 12.7 Å². The van der Waals surface area contributed by atoms with Crippen LogP contribution in [-0.4, -0.2) is 19.1 Å². The molecule has 2 aromatic rings. The summed E-state index contributed by atoms with van der Waals surface area (Å²) in [7, 11) is 3.29. The summed E-state index contributed by atoms with van der Waals surface area (Å²) in [6.07, 6.45) is 0. The van der Waals surface area contributed by atoms with Gasteiger partial charge in [-0.2, -0.15) is 0 Å². The summed E-state index contributed by atoms with van der Waals surface area (Å²) in [5.74, 6) is 0.473. The molecule has 5 heteroatoms. The van der Waals surface area contributed by atoms with Gasteiger partial charge in [0.1, 0.15) is 12.4 Å². The highest BCUT2D eigenvalue weighted by Crippen LogP contribution is 2.23. The Morgan fingerprint density at radius 3 is 2.71 bits per heavy atom. The predicted octanol–water partition coefficient (Wildman–Crippen LogP) is 2.84. The molecule has 0 saturated heterocycles. The molecule has 21 heavy (non-hydrogen) atoms. The van der Waals surface area contributed by atoms with Gasteiger partial charge in [0, 0.05) is 17.8 Å². The summed E-state index contributed by atoms with van der Waals surface area (Å²) in [5, 5.41) is 3.04. The Hall–Kier alpha value is -2.14. The lowest BCUT2D eigenvalue weighted by Gasteiger charge is -2.12. The fourth-order valence-electron chi connectivity index (χ4n) is 2.00. The third-order valence-electron chi connectivity index (χ3n) is 3.06. The van der Waals surface area contributed by atoms with Crippen molar-refractivity contribution >= 4 is 0 Å². The first-order chi connectivity index (χ1) is 10.2. The van der Waals surface area contributed by atoms with Crippen LogP contribution in [0.15, 0.2) is 30.3 Å². The maximum absolute atomic E-state index is 14.1. The summed E-state index contributed by atoms with van der Waals surface area (Å²) >= 11 is 0. The van der Waals surface area contributed by atoms with Gasteiger partial charge < -0.3 is 14.8 Å². The minimum atomic E-state index is -0.393. The van der Waals surface area contributed by atoms with Crippen LogP contribution >= 0.6 is 0 Å². The molecule has 2 rings (SSSR count). The van der Waals surface area contributed by atoms with Crippen LogP contribution in [0.2, 0.25) is 0 Å². The quantitative estimate of drug-likeness (QED) is 0.888. The second kappa shape index (κ2) is 7.04. The number of aromatic nitrogens is 1. The summed E-state index contributed by atoms with van der Waals surface area (Å²) < 4.78 is 24.7. The molecule has 0 radical (unpaired) electrons. The highest BCUT2D eigenvalue weighted by Gasteiger charge is 2.11. The molecule has 0 aliphatic rings. The molecule has 0 aliphatic carbocycles. The molecule has 0 aliphatic heterocycles. The molecule has 112 valence electrons. The number of rotatable bonds is 6. The van der Waals surface area contributed by atoms with Gasteiger partial charge in [0.05, 0.1) is 12.8 Å². The molecule has 1 aromatic carbocycles. The molecule has 1 aromatic heterocycles. The molecule has 0 fully saturated rings. The average molecular weight is 290 g/mol. The smallest absolute Gasteiger partial charge is 0.171 e. The first-order valence-electron chi connectivity index (χ1n) is 6.71. The van der Waals surface area contributed by atoms with Crippen LogP contribution < -0.4 is 14.8 Å².